The van der Waals surface area contributed by atoms with Gasteiger partial charge in [-0.25, -0.2) is 0 Å². The van der Waals surface area contributed by atoms with E-state index in [9.17, 15) is 19.5 Å². The van der Waals surface area contributed by atoms with Gasteiger partial charge in [0.25, 0.3) is 0 Å². The molecule has 2 amide bonds. The molecule has 1 N–H and O–H groups in total. The molecule has 0 spiro atoms. The Bertz CT molecular complexity index is 735. The second-order valence-corrected chi connectivity index (χ2v) is 7.30. The summed E-state index contributed by atoms with van der Waals surface area (Å²) in [5, 5.41) is 9.24. The summed E-state index contributed by atoms with van der Waals surface area (Å²) in [5.74, 6) is -1.22. The number of carboxylic acids is 1. The van der Waals surface area contributed by atoms with E-state index in [4.69, 9.17) is 4.74 Å². The first-order chi connectivity index (χ1) is 12.9. The zero-order valence-corrected chi connectivity index (χ0v) is 15.8. The predicted molar refractivity (Wildman–Crippen MR) is 99.6 cm³/mol. The maximum Gasteiger partial charge on any atom is 0.306 e. The number of aliphatic carboxylic acids is 1. The molecule has 0 saturated carbocycles. The highest BCUT2D eigenvalue weighted by molar-refractivity contribution is 6.01. The fourth-order valence-corrected chi connectivity index (χ4v) is 4.03. The molecule has 0 aromatic heterocycles. The van der Waals surface area contributed by atoms with Gasteiger partial charge in [0.05, 0.1) is 24.1 Å². The van der Waals surface area contributed by atoms with Crippen LogP contribution in [0.3, 0.4) is 0 Å². The molecule has 2 heterocycles. The molecular weight excluding hydrogens is 348 g/mol. The minimum Gasteiger partial charge on any atom is -0.492 e. The number of carboxylic acid groups (broad SMARTS) is 1. The molecular formula is C20H26N2O5. The van der Waals surface area contributed by atoms with Gasteiger partial charge in [-0.2, -0.15) is 0 Å². The standard InChI is InChI=1S/C20H26N2O5/c1-3-27-17-7-5-4-6-16(17)22-12-14(10-18(22)23)19(24)21-9-8-15(20(25)26)13(2)11-21/h4-7,13-15H,3,8-12H2,1-2H3,(H,25,26). The molecule has 2 saturated heterocycles. The molecule has 146 valence electrons. The van der Waals surface area contributed by atoms with Gasteiger partial charge in [-0.05, 0) is 31.4 Å². The van der Waals surface area contributed by atoms with Gasteiger partial charge in [0, 0.05) is 26.1 Å². The quantitative estimate of drug-likeness (QED) is 0.852. The minimum atomic E-state index is -0.802. The van der Waals surface area contributed by atoms with Crippen LogP contribution >= 0.6 is 0 Å². The van der Waals surface area contributed by atoms with Crippen molar-refractivity contribution in [1.29, 1.82) is 0 Å². The van der Waals surface area contributed by atoms with E-state index in [0.29, 0.717) is 44.1 Å². The van der Waals surface area contributed by atoms with Crippen LogP contribution in [-0.4, -0.2) is 54.0 Å². The summed E-state index contributed by atoms with van der Waals surface area (Å²) in [6.45, 7) is 5.43. The number of amides is 2. The van der Waals surface area contributed by atoms with Crippen molar-refractivity contribution in [3.63, 3.8) is 0 Å². The second kappa shape index (κ2) is 7.98. The van der Waals surface area contributed by atoms with Crippen LogP contribution in [0.2, 0.25) is 0 Å². The van der Waals surface area contributed by atoms with Gasteiger partial charge in [0.15, 0.2) is 0 Å². The summed E-state index contributed by atoms with van der Waals surface area (Å²) in [7, 11) is 0. The van der Waals surface area contributed by atoms with Crippen molar-refractivity contribution in [2.45, 2.75) is 26.7 Å². The molecule has 27 heavy (non-hydrogen) atoms. The van der Waals surface area contributed by atoms with Crippen LogP contribution in [-0.2, 0) is 14.4 Å². The third-order valence-corrected chi connectivity index (χ3v) is 5.46. The Morgan fingerprint density at radius 3 is 2.67 bits per heavy atom. The Balaban J connectivity index is 1.69. The number of anilines is 1. The summed E-state index contributed by atoms with van der Waals surface area (Å²) in [4.78, 5) is 40.1. The number of benzene rings is 1. The van der Waals surface area contributed by atoms with Crippen molar-refractivity contribution in [2.24, 2.45) is 17.8 Å². The van der Waals surface area contributed by atoms with Crippen molar-refractivity contribution >= 4 is 23.5 Å². The number of carbonyl (C=O) groups excluding carboxylic acids is 2. The first-order valence-electron chi connectivity index (χ1n) is 9.46. The van der Waals surface area contributed by atoms with Crippen LogP contribution in [0.15, 0.2) is 24.3 Å². The molecule has 1 aromatic rings. The number of para-hydroxylation sites is 2. The number of likely N-dealkylation sites (tertiary alicyclic amines) is 1. The maximum absolute atomic E-state index is 12.9. The molecule has 3 unspecified atom stereocenters. The van der Waals surface area contributed by atoms with Gasteiger partial charge in [-0.3, -0.25) is 14.4 Å². The van der Waals surface area contributed by atoms with E-state index in [1.54, 1.807) is 9.80 Å². The number of piperidine rings is 1. The lowest BCUT2D eigenvalue weighted by Crippen LogP contribution is -2.47. The third kappa shape index (κ3) is 3.91. The molecule has 3 rings (SSSR count). The predicted octanol–water partition coefficient (Wildman–Crippen LogP) is 2.01. The smallest absolute Gasteiger partial charge is 0.306 e. The van der Waals surface area contributed by atoms with E-state index in [-0.39, 0.29) is 24.2 Å². The van der Waals surface area contributed by atoms with Gasteiger partial charge in [0.1, 0.15) is 5.75 Å². The second-order valence-electron chi connectivity index (χ2n) is 7.30. The summed E-state index contributed by atoms with van der Waals surface area (Å²) >= 11 is 0. The molecule has 7 heteroatoms. The zero-order chi connectivity index (χ0) is 19.6. The van der Waals surface area contributed by atoms with E-state index in [1.807, 2.05) is 38.1 Å². The van der Waals surface area contributed by atoms with Crippen molar-refractivity contribution in [1.82, 2.24) is 4.90 Å². The average Bonchev–Trinajstić information content (AvgIpc) is 3.03. The van der Waals surface area contributed by atoms with E-state index in [2.05, 4.69) is 0 Å². The summed E-state index contributed by atoms with van der Waals surface area (Å²) in [5.41, 5.74) is 0.692. The fourth-order valence-electron chi connectivity index (χ4n) is 4.03. The van der Waals surface area contributed by atoms with Gasteiger partial charge in [0.2, 0.25) is 11.8 Å². The molecule has 7 nitrogen and oxygen atoms in total. The zero-order valence-electron chi connectivity index (χ0n) is 15.8. The Hall–Kier alpha value is -2.57. The number of hydrogen-bond donors (Lipinski definition) is 1. The summed E-state index contributed by atoms with van der Waals surface area (Å²) in [6.07, 6.45) is 0.631. The number of hydrogen-bond acceptors (Lipinski definition) is 4. The van der Waals surface area contributed by atoms with Crippen molar-refractivity contribution in [2.75, 3.05) is 31.1 Å². The first-order valence-corrected chi connectivity index (χ1v) is 9.46. The molecule has 2 fully saturated rings. The lowest BCUT2D eigenvalue weighted by Gasteiger charge is -2.36. The maximum atomic E-state index is 12.9. The van der Waals surface area contributed by atoms with Crippen molar-refractivity contribution in [3.05, 3.63) is 24.3 Å². The van der Waals surface area contributed by atoms with Crippen molar-refractivity contribution in [3.8, 4) is 5.75 Å². The van der Waals surface area contributed by atoms with Crippen LogP contribution in [0.1, 0.15) is 26.7 Å². The number of rotatable bonds is 5. The van der Waals surface area contributed by atoms with Gasteiger partial charge in [-0.1, -0.05) is 19.1 Å². The lowest BCUT2D eigenvalue weighted by molar-refractivity contribution is -0.149. The van der Waals surface area contributed by atoms with Crippen LogP contribution in [0, 0.1) is 17.8 Å². The van der Waals surface area contributed by atoms with E-state index in [0.717, 1.165) is 0 Å². The average molecular weight is 374 g/mol. The monoisotopic (exact) mass is 374 g/mol. The van der Waals surface area contributed by atoms with Gasteiger partial charge >= 0.3 is 5.97 Å². The molecule has 0 radical (unpaired) electrons. The van der Waals surface area contributed by atoms with E-state index >= 15 is 0 Å². The van der Waals surface area contributed by atoms with Crippen molar-refractivity contribution < 1.29 is 24.2 Å². The van der Waals surface area contributed by atoms with Gasteiger partial charge < -0.3 is 19.6 Å². The lowest BCUT2D eigenvalue weighted by atomic mass is 9.86. The van der Waals surface area contributed by atoms with Crippen LogP contribution in [0.5, 0.6) is 5.75 Å². The highest BCUT2D eigenvalue weighted by Gasteiger charge is 2.40. The van der Waals surface area contributed by atoms with Crippen LogP contribution in [0.25, 0.3) is 0 Å². The third-order valence-electron chi connectivity index (χ3n) is 5.46. The van der Waals surface area contributed by atoms with E-state index < -0.39 is 17.8 Å². The van der Waals surface area contributed by atoms with Crippen LogP contribution in [0.4, 0.5) is 5.69 Å². The molecule has 0 bridgehead atoms. The Morgan fingerprint density at radius 1 is 1.26 bits per heavy atom. The number of carbonyl (C=O) groups is 3. The molecule has 0 aliphatic carbocycles. The molecule has 1 aromatic carbocycles. The Kier molecular flexibility index (Phi) is 5.68. The highest BCUT2D eigenvalue weighted by Crippen LogP contribution is 2.34. The number of ether oxygens (including phenoxy) is 1. The Morgan fingerprint density at radius 2 is 2.00 bits per heavy atom. The number of nitrogens with zero attached hydrogens (tertiary/aromatic N) is 2. The van der Waals surface area contributed by atoms with E-state index in [1.165, 1.54) is 0 Å². The topological polar surface area (TPSA) is 87.2 Å². The summed E-state index contributed by atoms with van der Waals surface area (Å²) in [6, 6.07) is 7.35. The highest BCUT2D eigenvalue weighted by atomic mass is 16.5. The van der Waals surface area contributed by atoms with Crippen LogP contribution < -0.4 is 9.64 Å². The summed E-state index contributed by atoms with van der Waals surface area (Å²) < 4.78 is 5.61. The fraction of sp³-hybridized carbons (Fsp3) is 0.550. The molecule has 3 atom stereocenters. The largest absolute Gasteiger partial charge is 0.492 e. The molecule has 2 aliphatic heterocycles. The van der Waals surface area contributed by atoms with Gasteiger partial charge in [-0.15, -0.1) is 0 Å². The minimum absolute atomic E-state index is 0.0598. The SMILES string of the molecule is CCOc1ccccc1N1CC(C(=O)N2CCC(C(=O)O)C(C)C2)CC1=O. The normalized spacial score (nSPS) is 25.6. The first kappa shape index (κ1) is 19.2. The Labute approximate surface area is 158 Å². The molecule has 2 aliphatic rings.